The van der Waals surface area contributed by atoms with E-state index in [1.165, 1.54) is 16.1 Å². The minimum Gasteiger partial charge on any atom is -0.394 e. The highest BCUT2D eigenvalue weighted by atomic mass is 35.5. The molecule has 0 bridgehead atoms. The first-order valence-electron chi connectivity index (χ1n) is 12.3. The van der Waals surface area contributed by atoms with Crippen molar-refractivity contribution in [3.05, 3.63) is 30.0 Å². The van der Waals surface area contributed by atoms with Crippen LogP contribution in [0.4, 0.5) is 18.0 Å². The van der Waals surface area contributed by atoms with Crippen LogP contribution < -0.4 is 16.4 Å². The number of aromatic nitrogens is 2. The Labute approximate surface area is 218 Å². The van der Waals surface area contributed by atoms with Crippen LogP contribution >= 0.6 is 11.6 Å². The summed E-state index contributed by atoms with van der Waals surface area (Å²) in [5.74, 6) is -1.91. The van der Waals surface area contributed by atoms with Crippen molar-refractivity contribution in [1.82, 2.24) is 30.4 Å². The topological polar surface area (TPSA) is 139 Å². The van der Waals surface area contributed by atoms with Gasteiger partial charge in [-0.15, -0.1) is 11.6 Å². The quantitative estimate of drug-likeness (QED) is 0.183. The van der Waals surface area contributed by atoms with Gasteiger partial charge < -0.3 is 25.3 Å². The van der Waals surface area contributed by atoms with E-state index in [2.05, 4.69) is 20.6 Å². The molecule has 6 N–H and O–H groups in total. The van der Waals surface area contributed by atoms with Crippen molar-refractivity contribution in [2.75, 3.05) is 26.9 Å². The van der Waals surface area contributed by atoms with Crippen LogP contribution in [0.5, 0.6) is 0 Å². The maximum Gasteiger partial charge on any atom is 0.324 e. The summed E-state index contributed by atoms with van der Waals surface area (Å²) < 4.78 is 47.5. The van der Waals surface area contributed by atoms with E-state index in [-0.39, 0.29) is 45.2 Å². The number of nitrogens with two attached hydrogens (primary N) is 1. The second kappa shape index (κ2) is 11.6. The van der Waals surface area contributed by atoms with Gasteiger partial charge in [0.25, 0.3) is 0 Å². The number of ether oxygens (including phenoxy) is 1. The van der Waals surface area contributed by atoms with E-state index in [4.69, 9.17) is 27.5 Å². The molecule has 5 atom stereocenters. The standard InChI is InChI=1S/C23H34ClF3N8O2/c1-30-6-14-4-20(16(24)5-19(14)28)33-12-34(8-13-2-17(25)21(27)18(26)3-13)22(36)35(23(29)10-37-23)9-15-7-31-11-32-15/h6-7,11,13,16-18,20-21,28,30,33H,2-5,8-10,12,29H2,1H3,(H,31,32)/b14-6-,28-19?. The molecular weight excluding hydrogens is 513 g/mol. The summed E-state index contributed by atoms with van der Waals surface area (Å²) in [6.07, 6.45) is -0.751. The number of nitrogens with one attached hydrogen (secondary N) is 4. The molecule has 2 heterocycles. The summed E-state index contributed by atoms with van der Waals surface area (Å²) in [7, 11) is 1.74. The highest BCUT2D eigenvalue weighted by Crippen LogP contribution is 2.33. The SMILES string of the molecule is CN/C=C1/CC(NCN(CC2CC(F)C(F)C(F)C2)C(=O)N(Cc2c[nH]cn2)C2(N)CO2)C(Cl)CC1=N. The van der Waals surface area contributed by atoms with Crippen molar-refractivity contribution in [2.24, 2.45) is 11.7 Å². The summed E-state index contributed by atoms with van der Waals surface area (Å²) in [5.41, 5.74) is 8.03. The average Bonchev–Trinajstić information content (AvgIpc) is 3.38. The number of rotatable bonds is 9. The highest BCUT2D eigenvalue weighted by molar-refractivity contribution is 6.23. The summed E-state index contributed by atoms with van der Waals surface area (Å²) in [4.78, 5) is 23.5. The normalized spacial score (nSPS) is 34.9. The number of epoxide rings is 1. The number of aromatic amines is 1. The van der Waals surface area contributed by atoms with Crippen LogP contribution in [0.2, 0.25) is 0 Å². The number of amides is 2. The molecule has 3 aliphatic rings. The molecule has 206 valence electrons. The largest absolute Gasteiger partial charge is 0.394 e. The van der Waals surface area contributed by atoms with E-state index in [1.807, 2.05) is 0 Å². The van der Waals surface area contributed by atoms with E-state index >= 15 is 0 Å². The first-order chi connectivity index (χ1) is 17.6. The van der Waals surface area contributed by atoms with Crippen LogP contribution in [0.3, 0.4) is 0 Å². The average molecular weight is 547 g/mol. The van der Waals surface area contributed by atoms with Crippen LogP contribution in [0, 0.1) is 11.3 Å². The minimum atomic E-state index is -2.16. The maximum absolute atomic E-state index is 14.2. The molecule has 2 saturated carbocycles. The Morgan fingerprint density at radius 2 is 2.08 bits per heavy atom. The van der Waals surface area contributed by atoms with Gasteiger partial charge >= 0.3 is 6.03 Å². The zero-order valence-electron chi connectivity index (χ0n) is 20.6. The molecule has 1 saturated heterocycles. The number of carbonyl (C=O) groups excluding carboxylic acids is 1. The molecule has 2 aliphatic carbocycles. The Morgan fingerprint density at radius 3 is 2.68 bits per heavy atom. The lowest BCUT2D eigenvalue weighted by Gasteiger charge is -2.38. The van der Waals surface area contributed by atoms with Crippen molar-refractivity contribution >= 4 is 23.3 Å². The van der Waals surface area contributed by atoms with Crippen molar-refractivity contribution in [1.29, 1.82) is 5.41 Å². The Bertz CT molecular complexity index is 967. The molecule has 14 heteroatoms. The molecule has 37 heavy (non-hydrogen) atoms. The number of halogens is 4. The first-order valence-corrected chi connectivity index (χ1v) is 12.8. The summed E-state index contributed by atoms with van der Waals surface area (Å²) in [5, 5.41) is 14.0. The third kappa shape index (κ3) is 6.57. The van der Waals surface area contributed by atoms with Gasteiger partial charge in [0.05, 0.1) is 30.6 Å². The van der Waals surface area contributed by atoms with Crippen LogP contribution in [0.25, 0.3) is 0 Å². The molecule has 1 aromatic heterocycles. The predicted octanol–water partition coefficient (Wildman–Crippen LogP) is 2.14. The second-order valence-corrected chi connectivity index (χ2v) is 10.5. The van der Waals surface area contributed by atoms with Gasteiger partial charge in [0, 0.05) is 44.2 Å². The Hall–Kier alpha value is -2.35. The molecule has 0 spiro atoms. The van der Waals surface area contributed by atoms with Gasteiger partial charge in [-0.25, -0.2) is 22.9 Å². The molecule has 3 fully saturated rings. The van der Waals surface area contributed by atoms with Crippen LogP contribution in [-0.2, 0) is 11.3 Å². The smallest absolute Gasteiger partial charge is 0.324 e. The molecular formula is C23H34ClF3N8O2. The van der Waals surface area contributed by atoms with E-state index in [1.54, 1.807) is 19.4 Å². The predicted molar refractivity (Wildman–Crippen MR) is 132 cm³/mol. The Kier molecular flexibility index (Phi) is 8.66. The molecule has 2 amide bonds. The van der Waals surface area contributed by atoms with Gasteiger partial charge in [-0.05, 0) is 30.8 Å². The van der Waals surface area contributed by atoms with E-state index < -0.39 is 41.7 Å². The molecule has 4 rings (SSSR count). The van der Waals surface area contributed by atoms with Crippen molar-refractivity contribution < 1.29 is 22.7 Å². The van der Waals surface area contributed by atoms with E-state index in [9.17, 15) is 18.0 Å². The Balaban J connectivity index is 1.51. The number of hydrogen-bond donors (Lipinski definition) is 5. The van der Waals surface area contributed by atoms with Gasteiger partial charge in [-0.1, -0.05) is 0 Å². The van der Waals surface area contributed by atoms with Crippen LogP contribution in [0.1, 0.15) is 31.4 Å². The number of nitrogens with zero attached hydrogens (tertiary/aromatic N) is 3. The van der Waals surface area contributed by atoms with Crippen molar-refractivity contribution in [3.8, 4) is 0 Å². The zero-order valence-corrected chi connectivity index (χ0v) is 21.4. The van der Waals surface area contributed by atoms with Crippen LogP contribution in [-0.4, -0.2) is 94.2 Å². The number of carbonyl (C=O) groups is 1. The van der Waals surface area contributed by atoms with Crippen molar-refractivity contribution in [3.63, 3.8) is 0 Å². The first kappa shape index (κ1) is 27.7. The monoisotopic (exact) mass is 546 g/mol. The number of imidazole rings is 1. The minimum absolute atomic E-state index is 0.00346. The lowest BCUT2D eigenvalue weighted by atomic mass is 9.85. The number of H-pyrrole nitrogens is 1. The summed E-state index contributed by atoms with van der Waals surface area (Å²) in [6.45, 7) is 0.172. The third-order valence-electron chi connectivity index (χ3n) is 7.09. The van der Waals surface area contributed by atoms with E-state index in [0.717, 1.165) is 5.57 Å². The Morgan fingerprint density at radius 1 is 1.38 bits per heavy atom. The number of hydrogen-bond acceptors (Lipinski definition) is 7. The molecule has 5 unspecified atom stereocenters. The molecule has 1 aromatic rings. The van der Waals surface area contributed by atoms with Gasteiger partial charge in [0.2, 0.25) is 5.85 Å². The van der Waals surface area contributed by atoms with Gasteiger partial charge in [0.1, 0.15) is 19.0 Å². The second-order valence-electron chi connectivity index (χ2n) is 9.93. The summed E-state index contributed by atoms with van der Waals surface area (Å²) >= 11 is 6.53. The fraction of sp³-hybridized carbons (Fsp3) is 0.696. The number of urea groups is 1. The number of alkyl halides is 4. The molecule has 0 aromatic carbocycles. The van der Waals surface area contributed by atoms with Gasteiger partial charge in [-0.3, -0.25) is 16.0 Å². The van der Waals surface area contributed by atoms with E-state index in [0.29, 0.717) is 24.2 Å². The fourth-order valence-electron chi connectivity index (χ4n) is 4.90. The van der Waals surface area contributed by atoms with Gasteiger partial charge in [-0.2, -0.15) is 0 Å². The summed E-state index contributed by atoms with van der Waals surface area (Å²) in [6, 6.07) is -0.775. The molecule has 1 aliphatic heterocycles. The fourth-order valence-corrected chi connectivity index (χ4v) is 5.23. The molecule has 10 nitrogen and oxygen atoms in total. The van der Waals surface area contributed by atoms with Crippen molar-refractivity contribution in [2.45, 2.75) is 68.0 Å². The van der Waals surface area contributed by atoms with Gasteiger partial charge in [0.15, 0.2) is 6.17 Å². The highest BCUT2D eigenvalue weighted by Gasteiger charge is 2.51. The lowest BCUT2D eigenvalue weighted by molar-refractivity contribution is 0.00676. The van der Waals surface area contributed by atoms with Crippen LogP contribution in [0.15, 0.2) is 24.3 Å². The lowest BCUT2D eigenvalue weighted by Crippen LogP contribution is -2.58. The zero-order chi connectivity index (χ0) is 26.7. The maximum atomic E-state index is 14.2. The third-order valence-corrected chi connectivity index (χ3v) is 7.54. The molecule has 0 radical (unpaired) electrons.